The summed E-state index contributed by atoms with van der Waals surface area (Å²) in [4.78, 5) is 27.9. The number of nitrogens with one attached hydrogen (secondary N) is 1. The Balaban J connectivity index is 1.48. The summed E-state index contributed by atoms with van der Waals surface area (Å²) < 4.78 is 17.3. The first-order valence-electron chi connectivity index (χ1n) is 11.2. The second kappa shape index (κ2) is 8.87. The highest BCUT2D eigenvalue weighted by molar-refractivity contribution is 7.84. The predicted molar refractivity (Wildman–Crippen MR) is 137 cm³/mol. The van der Waals surface area contributed by atoms with Crippen molar-refractivity contribution in [3.8, 4) is 11.1 Å². The van der Waals surface area contributed by atoms with Gasteiger partial charge in [0.2, 0.25) is 5.16 Å². The molecule has 3 aromatic rings. The van der Waals surface area contributed by atoms with Gasteiger partial charge in [0.25, 0.3) is 0 Å². The summed E-state index contributed by atoms with van der Waals surface area (Å²) in [5.74, 6) is 1.28. The van der Waals surface area contributed by atoms with E-state index in [0.29, 0.717) is 57.4 Å². The number of aromatic nitrogens is 3. The van der Waals surface area contributed by atoms with Crippen LogP contribution in [0.5, 0.6) is 0 Å². The second-order valence-corrected chi connectivity index (χ2v) is 12.0. The Morgan fingerprint density at radius 1 is 1.17 bits per heavy atom. The highest BCUT2D eigenvalue weighted by Gasteiger charge is 2.57. The molecule has 1 N–H and O–H groups in total. The van der Waals surface area contributed by atoms with Gasteiger partial charge >= 0.3 is 6.09 Å². The standard InChI is InChI=1S/C24H25Cl2N5O3S/c1-24(2,3)34-23(32)28-19-14-10-31(11-15(14)19)21-13(18-16(25)6-5-7-17(18)26)8-12-9-27-22(35(4)33)30-20(12)29-21/h5-9,14-15,19H,10-11H2,1-4H3,(H,28,32). The maximum absolute atomic E-state index is 12.2. The summed E-state index contributed by atoms with van der Waals surface area (Å²) in [5, 5.41) is 4.95. The minimum absolute atomic E-state index is 0.0744. The Morgan fingerprint density at radius 2 is 1.83 bits per heavy atom. The maximum Gasteiger partial charge on any atom is 0.407 e. The fraction of sp³-hybridized carbons (Fsp3) is 0.417. The lowest BCUT2D eigenvalue weighted by molar-refractivity contribution is 0.0518. The van der Waals surface area contributed by atoms with Crippen LogP contribution in [0.4, 0.5) is 10.6 Å². The molecular weight excluding hydrogens is 509 g/mol. The molecule has 11 heteroatoms. The fourth-order valence-electron chi connectivity index (χ4n) is 4.61. The number of carbonyl (C=O) groups excluding carboxylic acids is 1. The first-order chi connectivity index (χ1) is 16.5. The van der Waals surface area contributed by atoms with Crippen molar-refractivity contribution in [2.24, 2.45) is 11.8 Å². The lowest BCUT2D eigenvalue weighted by atomic mass is 10.0. The Hall–Kier alpha value is -2.49. The Labute approximate surface area is 215 Å². The number of nitrogens with zero attached hydrogens (tertiary/aromatic N) is 4. The molecule has 2 aliphatic rings. The van der Waals surface area contributed by atoms with E-state index < -0.39 is 22.5 Å². The number of fused-ring (bicyclic) bond motifs is 2. The van der Waals surface area contributed by atoms with Crippen molar-refractivity contribution >= 4 is 56.9 Å². The van der Waals surface area contributed by atoms with E-state index in [9.17, 15) is 9.00 Å². The van der Waals surface area contributed by atoms with Crippen molar-refractivity contribution in [1.29, 1.82) is 0 Å². The van der Waals surface area contributed by atoms with Crippen molar-refractivity contribution in [2.75, 3.05) is 24.2 Å². The van der Waals surface area contributed by atoms with Gasteiger partial charge in [-0.2, -0.15) is 0 Å². The van der Waals surface area contributed by atoms with E-state index in [0.717, 1.165) is 5.56 Å². The van der Waals surface area contributed by atoms with E-state index in [-0.39, 0.29) is 11.2 Å². The Bertz CT molecular complexity index is 1330. The normalized spacial score (nSPS) is 22.1. The van der Waals surface area contributed by atoms with Crippen molar-refractivity contribution in [3.05, 3.63) is 40.5 Å². The molecule has 1 aromatic carbocycles. The minimum Gasteiger partial charge on any atom is -0.444 e. The number of alkyl carbamates (subject to hydrolysis) is 1. The SMILES string of the molecule is CS(=O)c1ncc2cc(-c3c(Cl)cccc3Cl)c(N3CC4C(C3)C4NC(=O)OC(C)(C)C)nc2n1. The van der Waals surface area contributed by atoms with Crippen LogP contribution in [-0.4, -0.2) is 56.2 Å². The van der Waals surface area contributed by atoms with Gasteiger partial charge in [-0.05, 0) is 39.0 Å². The van der Waals surface area contributed by atoms with Crippen LogP contribution in [-0.2, 0) is 15.5 Å². The smallest absolute Gasteiger partial charge is 0.407 e. The number of piperidine rings is 1. The topological polar surface area (TPSA) is 97.3 Å². The number of anilines is 1. The zero-order valence-corrected chi connectivity index (χ0v) is 22.0. The summed E-state index contributed by atoms with van der Waals surface area (Å²) in [6, 6.07) is 7.38. The summed E-state index contributed by atoms with van der Waals surface area (Å²) in [6.45, 7) is 6.94. The predicted octanol–water partition coefficient (Wildman–Crippen LogP) is 4.70. The third-order valence-electron chi connectivity index (χ3n) is 6.19. The first kappa shape index (κ1) is 24.2. The third kappa shape index (κ3) is 4.81. The van der Waals surface area contributed by atoms with Gasteiger partial charge in [0.05, 0.1) is 20.8 Å². The van der Waals surface area contributed by atoms with Crippen LogP contribution >= 0.6 is 23.2 Å². The van der Waals surface area contributed by atoms with Crippen LogP contribution < -0.4 is 10.2 Å². The van der Waals surface area contributed by atoms with Gasteiger partial charge < -0.3 is 15.0 Å². The maximum atomic E-state index is 12.2. The van der Waals surface area contributed by atoms with E-state index in [2.05, 4.69) is 20.2 Å². The lowest BCUT2D eigenvalue weighted by Gasteiger charge is -2.25. The molecule has 8 nitrogen and oxygen atoms in total. The van der Waals surface area contributed by atoms with Gasteiger partial charge in [0.1, 0.15) is 11.4 Å². The van der Waals surface area contributed by atoms with Gasteiger partial charge in [-0.1, -0.05) is 29.3 Å². The minimum atomic E-state index is -1.33. The van der Waals surface area contributed by atoms with Crippen molar-refractivity contribution in [3.63, 3.8) is 0 Å². The van der Waals surface area contributed by atoms with E-state index in [1.807, 2.05) is 26.8 Å². The molecule has 0 spiro atoms. The number of amides is 1. The first-order valence-corrected chi connectivity index (χ1v) is 13.5. The van der Waals surface area contributed by atoms with Crippen molar-refractivity contribution in [2.45, 2.75) is 37.6 Å². The molecule has 1 aliphatic heterocycles. The summed E-state index contributed by atoms with van der Waals surface area (Å²) in [5.41, 5.74) is 1.38. The number of benzene rings is 1. The summed E-state index contributed by atoms with van der Waals surface area (Å²) in [6.07, 6.45) is 2.76. The van der Waals surface area contributed by atoms with Crippen LogP contribution in [0.3, 0.4) is 0 Å². The third-order valence-corrected chi connectivity index (χ3v) is 7.53. The van der Waals surface area contributed by atoms with Gasteiger partial charge in [0.15, 0.2) is 5.65 Å². The zero-order valence-electron chi connectivity index (χ0n) is 19.7. The Kier molecular flexibility index (Phi) is 6.14. The van der Waals surface area contributed by atoms with Crippen LogP contribution in [0.25, 0.3) is 22.2 Å². The van der Waals surface area contributed by atoms with Gasteiger partial charge in [-0.3, -0.25) is 4.21 Å². The molecule has 0 bridgehead atoms. The van der Waals surface area contributed by atoms with Crippen LogP contribution in [0.15, 0.2) is 35.6 Å². The largest absolute Gasteiger partial charge is 0.444 e. The molecule has 1 aliphatic carbocycles. The van der Waals surface area contributed by atoms with Crippen LogP contribution in [0, 0.1) is 11.8 Å². The number of rotatable bonds is 4. The van der Waals surface area contributed by atoms with Crippen molar-refractivity contribution < 1.29 is 13.7 Å². The number of halogens is 2. The highest BCUT2D eigenvalue weighted by atomic mass is 35.5. The van der Waals surface area contributed by atoms with Crippen LogP contribution in [0.1, 0.15) is 20.8 Å². The summed E-state index contributed by atoms with van der Waals surface area (Å²) in [7, 11) is -1.33. The summed E-state index contributed by atoms with van der Waals surface area (Å²) >= 11 is 13.1. The van der Waals surface area contributed by atoms with E-state index in [4.69, 9.17) is 32.9 Å². The Morgan fingerprint density at radius 3 is 2.43 bits per heavy atom. The molecule has 2 fully saturated rings. The molecule has 3 atom stereocenters. The molecule has 184 valence electrons. The number of ether oxygens (including phenoxy) is 1. The molecule has 5 rings (SSSR count). The average molecular weight is 534 g/mol. The number of carbonyl (C=O) groups is 1. The molecule has 1 saturated heterocycles. The molecular formula is C24H25Cl2N5O3S. The second-order valence-electron chi connectivity index (χ2n) is 9.88. The number of pyridine rings is 1. The van der Waals surface area contributed by atoms with Gasteiger partial charge in [0, 0.05) is 59.9 Å². The molecule has 3 heterocycles. The zero-order chi connectivity index (χ0) is 25.1. The quantitative estimate of drug-likeness (QED) is 0.485. The van der Waals surface area contributed by atoms with Gasteiger partial charge in [-0.25, -0.2) is 19.7 Å². The van der Waals surface area contributed by atoms with Gasteiger partial charge in [-0.15, -0.1) is 0 Å². The van der Waals surface area contributed by atoms with E-state index in [1.165, 1.54) is 6.26 Å². The number of hydrogen-bond donors (Lipinski definition) is 1. The monoisotopic (exact) mass is 533 g/mol. The molecule has 1 saturated carbocycles. The molecule has 0 radical (unpaired) electrons. The molecule has 3 unspecified atom stereocenters. The molecule has 1 amide bonds. The van der Waals surface area contributed by atoms with E-state index >= 15 is 0 Å². The fourth-order valence-corrected chi connectivity index (χ4v) is 5.63. The average Bonchev–Trinajstić information content (AvgIpc) is 3.19. The molecule has 2 aromatic heterocycles. The number of hydrogen-bond acceptors (Lipinski definition) is 7. The lowest BCUT2D eigenvalue weighted by Crippen LogP contribution is -2.38. The van der Waals surface area contributed by atoms with Crippen LogP contribution in [0.2, 0.25) is 10.0 Å². The molecule has 35 heavy (non-hydrogen) atoms. The van der Waals surface area contributed by atoms with Crippen molar-refractivity contribution in [1.82, 2.24) is 20.3 Å². The highest BCUT2D eigenvalue weighted by Crippen LogP contribution is 2.49. The van der Waals surface area contributed by atoms with E-state index in [1.54, 1.807) is 24.4 Å².